The first-order valence-corrected chi connectivity index (χ1v) is 10.5. The number of hydrogen-bond acceptors (Lipinski definition) is 5. The van der Waals surface area contributed by atoms with Gasteiger partial charge < -0.3 is 10.2 Å². The summed E-state index contributed by atoms with van der Waals surface area (Å²) in [6, 6.07) is 11.8. The van der Waals surface area contributed by atoms with Crippen LogP contribution in [0.5, 0.6) is 0 Å². The van der Waals surface area contributed by atoms with Gasteiger partial charge in [-0.1, -0.05) is 11.6 Å². The number of hydrogen-bond donors (Lipinski definition) is 3. The van der Waals surface area contributed by atoms with Gasteiger partial charge in [-0.05, 0) is 48.9 Å². The van der Waals surface area contributed by atoms with Gasteiger partial charge in [0.05, 0.1) is 28.7 Å². The maximum Gasteiger partial charge on any atom is 0.417 e. The van der Waals surface area contributed by atoms with Crippen LogP contribution in [-0.4, -0.2) is 44.0 Å². The Bertz CT molecular complexity index is 931. The lowest BCUT2D eigenvalue weighted by Crippen LogP contribution is -2.37. The molecule has 0 aromatic heterocycles. The highest BCUT2D eigenvalue weighted by molar-refractivity contribution is 7.82. The summed E-state index contributed by atoms with van der Waals surface area (Å²) < 4.78 is 52.8. The Hall–Kier alpha value is -1.61. The summed E-state index contributed by atoms with van der Waals surface area (Å²) >= 11 is 9.65. The summed E-state index contributed by atoms with van der Waals surface area (Å²) in [6.45, 7) is -0.644. The van der Waals surface area contributed by atoms with Gasteiger partial charge in [-0.25, -0.2) is 8.51 Å². The molecule has 2 aromatic carbocycles. The van der Waals surface area contributed by atoms with Gasteiger partial charge in [0.1, 0.15) is 16.6 Å². The molecule has 0 radical (unpaired) electrons. The minimum Gasteiger partial charge on any atom is -0.393 e. The van der Waals surface area contributed by atoms with Gasteiger partial charge >= 0.3 is 6.18 Å². The number of nitrogens with zero attached hydrogens (tertiary/aromatic N) is 2. The van der Waals surface area contributed by atoms with E-state index in [2.05, 4.69) is 12.6 Å². The molecule has 1 aliphatic rings. The van der Waals surface area contributed by atoms with Crippen LogP contribution in [0.3, 0.4) is 0 Å². The van der Waals surface area contributed by atoms with Crippen molar-refractivity contribution < 1.29 is 27.6 Å². The molecule has 0 bridgehead atoms. The number of rotatable bonds is 3. The van der Waals surface area contributed by atoms with Gasteiger partial charge in [-0.2, -0.15) is 18.4 Å². The van der Waals surface area contributed by atoms with Crippen molar-refractivity contribution in [2.24, 2.45) is 0 Å². The third-order valence-electron chi connectivity index (χ3n) is 4.25. The normalized spacial score (nSPS) is 20.2. The molecule has 30 heavy (non-hydrogen) atoms. The van der Waals surface area contributed by atoms with Crippen LogP contribution in [0.25, 0.3) is 0 Å². The molecule has 1 heterocycles. The predicted molar refractivity (Wildman–Crippen MR) is 109 cm³/mol. The van der Waals surface area contributed by atoms with Gasteiger partial charge in [-0.15, -0.1) is 12.6 Å². The fourth-order valence-corrected chi connectivity index (χ4v) is 4.36. The first kappa shape index (κ1) is 24.7. The number of benzene rings is 2. The molecule has 0 saturated carbocycles. The molecular weight excluding hydrogens is 461 g/mol. The molecule has 0 aliphatic carbocycles. The Balaban J connectivity index is 0.000000335. The zero-order chi connectivity index (χ0) is 22.5. The number of aliphatic hydroxyl groups is 2. The lowest BCUT2D eigenvalue weighted by molar-refractivity contribution is -0.139. The van der Waals surface area contributed by atoms with Crippen molar-refractivity contribution >= 4 is 35.2 Å². The van der Waals surface area contributed by atoms with Crippen molar-refractivity contribution in [3.8, 4) is 6.07 Å². The molecule has 5 nitrogen and oxygen atoms in total. The van der Waals surface area contributed by atoms with Crippen molar-refractivity contribution in [3.63, 3.8) is 0 Å². The van der Waals surface area contributed by atoms with E-state index in [9.17, 15) is 22.5 Å². The van der Waals surface area contributed by atoms with Gasteiger partial charge in [0, 0.05) is 23.0 Å². The molecule has 2 aromatic rings. The number of aliphatic hydroxyl groups excluding tert-OH is 1. The highest BCUT2D eigenvalue weighted by Gasteiger charge is 2.41. The Labute approximate surface area is 184 Å². The maximum absolute atomic E-state index is 13.1. The Morgan fingerprint density at radius 1 is 1.27 bits per heavy atom. The first-order chi connectivity index (χ1) is 14.0. The molecule has 162 valence electrons. The molecule has 2 N–H and O–H groups in total. The molecule has 0 amide bonds. The SMILES string of the molecule is N#Cc1ccc(S(=O)N2CCC(O)(CO)C2)c(C(F)(F)F)c1.Sc1ccc(Cl)cc1. The van der Waals surface area contributed by atoms with Gasteiger partial charge in [0.2, 0.25) is 0 Å². The molecule has 2 atom stereocenters. The monoisotopic (exact) mass is 478 g/mol. The molecular formula is C19H18ClF3N2O3S2. The average molecular weight is 479 g/mol. The number of thiol groups is 1. The Kier molecular flexibility index (Phi) is 8.33. The molecule has 11 heteroatoms. The molecule has 2 unspecified atom stereocenters. The third-order valence-corrected chi connectivity index (χ3v) is 6.32. The van der Waals surface area contributed by atoms with Crippen molar-refractivity contribution in [1.82, 2.24) is 4.31 Å². The van der Waals surface area contributed by atoms with Crippen molar-refractivity contribution in [1.29, 1.82) is 5.26 Å². The van der Waals surface area contributed by atoms with Crippen LogP contribution in [-0.2, 0) is 17.2 Å². The summed E-state index contributed by atoms with van der Waals surface area (Å²) in [7, 11) is -2.14. The second kappa shape index (κ2) is 10.1. The number of β-amino-alcohol motifs (C(OH)–C–C–N with tert-alkyl or cyclic N) is 1. The molecule has 1 saturated heterocycles. The zero-order valence-corrected chi connectivity index (χ0v) is 17.9. The first-order valence-electron chi connectivity index (χ1n) is 8.55. The fraction of sp³-hybridized carbons (Fsp3) is 0.316. The van der Waals surface area contributed by atoms with E-state index >= 15 is 0 Å². The second-order valence-corrected chi connectivity index (χ2v) is 8.95. The van der Waals surface area contributed by atoms with Crippen LogP contribution in [0.15, 0.2) is 52.3 Å². The number of alkyl halides is 3. The van der Waals surface area contributed by atoms with Gasteiger partial charge in [-0.3, -0.25) is 0 Å². The maximum atomic E-state index is 13.1. The molecule has 0 spiro atoms. The van der Waals surface area contributed by atoms with Gasteiger partial charge in [0.15, 0.2) is 0 Å². The molecule has 1 aliphatic heterocycles. The third kappa shape index (κ3) is 6.44. The van der Waals surface area contributed by atoms with E-state index in [1.54, 1.807) is 6.07 Å². The zero-order valence-electron chi connectivity index (χ0n) is 15.4. The van der Waals surface area contributed by atoms with E-state index in [0.29, 0.717) is 6.07 Å². The van der Waals surface area contributed by atoms with E-state index in [0.717, 1.165) is 22.1 Å². The smallest absolute Gasteiger partial charge is 0.393 e. The predicted octanol–water partition coefficient (Wildman–Crippen LogP) is 3.66. The van der Waals surface area contributed by atoms with Crippen molar-refractivity contribution in [2.45, 2.75) is 28.0 Å². The van der Waals surface area contributed by atoms with Crippen molar-refractivity contribution in [2.75, 3.05) is 19.7 Å². The summed E-state index contributed by atoms with van der Waals surface area (Å²) in [5.41, 5.74) is -2.77. The Morgan fingerprint density at radius 2 is 1.90 bits per heavy atom. The second-order valence-electron chi connectivity index (χ2n) is 6.54. The highest BCUT2D eigenvalue weighted by atomic mass is 35.5. The van der Waals surface area contributed by atoms with Crippen LogP contribution in [0.2, 0.25) is 5.02 Å². The van der Waals surface area contributed by atoms with E-state index in [1.807, 2.05) is 24.3 Å². The minimum absolute atomic E-state index is 0.0982. The fourth-order valence-electron chi connectivity index (χ4n) is 2.64. The van der Waals surface area contributed by atoms with E-state index in [1.165, 1.54) is 4.31 Å². The number of halogens is 4. The average Bonchev–Trinajstić information content (AvgIpc) is 3.12. The van der Waals surface area contributed by atoms with E-state index in [-0.39, 0.29) is 25.1 Å². The Morgan fingerprint density at radius 3 is 2.37 bits per heavy atom. The largest absolute Gasteiger partial charge is 0.417 e. The summed E-state index contributed by atoms with van der Waals surface area (Å²) in [5, 5.41) is 28.4. The lowest BCUT2D eigenvalue weighted by atomic mass is 10.1. The quantitative estimate of drug-likeness (QED) is 0.588. The topological polar surface area (TPSA) is 84.6 Å². The van der Waals surface area contributed by atoms with Crippen LogP contribution in [0.1, 0.15) is 17.5 Å². The van der Waals surface area contributed by atoms with E-state index < -0.39 is 39.8 Å². The summed E-state index contributed by atoms with van der Waals surface area (Å²) in [4.78, 5) is 0.475. The summed E-state index contributed by atoms with van der Waals surface area (Å²) in [5.74, 6) is 0. The van der Waals surface area contributed by atoms with Gasteiger partial charge in [0.25, 0.3) is 0 Å². The minimum atomic E-state index is -4.75. The van der Waals surface area contributed by atoms with E-state index in [4.69, 9.17) is 22.0 Å². The lowest BCUT2D eigenvalue weighted by Gasteiger charge is -2.21. The summed E-state index contributed by atoms with van der Waals surface area (Å²) in [6.07, 6.45) is -4.63. The standard InChI is InChI=1S/C13H13F3N2O3S.C6H5ClS/c14-13(15,16)10-5-9(6-17)1-2-11(10)22(21)18-4-3-12(20,7-18)8-19;7-5-1-3-6(8)4-2-5/h1-2,5,19-20H,3-4,7-8H2;1-4,8H. The van der Waals surface area contributed by atoms with Crippen LogP contribution < -0.4 is 0 Å². The van der Waals surface area contributed by atoms with Crippen LogP contribution in [0.4, 0.5) is 13.2 Å². The highest BCUT2D eigenvalue weighted by Crippen LogP contribution is 2.36. The van der Waals surface area contributed by atoms with Crippen molar-refractivity contribution in [3.05, 3.63) is 58.6 Å². The van der Waals surface area contributed by atoms with Crippen LogP contribution in [0, 0.1) is 11.3 Å². The number of nitriles is 1. The molecule has 1 fully saturated rings. The molecule has 3 rings (SSSR count). The van der Waals surface area contributed by atoms with Crippen LogP contribution >= 0.6 is 24.2 Å².